The smallest absolute Gasteiger partial charge is 0.147 e. The van der Waals surface area contributed by atoms with Crippen molar-refractivity contribution in [2.24, 2.45) is 9.98 Å². The molecule has 0 aliphatic carbocycles. The van der Waals surface area contributed by atoms with E-state index in [-0.39, 0.29) is 0 Å². The predicted octanol–water partition coefficient (Wildman–Crippen LogP) is 1.39. The molecule has 2 heteroatoms. The van der Waals surface area contributed by atoms with E-state index in [0.717, 1.165) is 11.5 Å². The molecule has 0 aromatic rings. The van der Waals surface area contributed by atoms with Crippen molar-refractivity contribution in [1.29, 1.82) is 0 Å². The van der Waals surface area contributed by atoms with Crippen LogP contribution in [-0.2, 0) is 0 Å². The van der Waals surface area contributed by atoms with Crippen molar-refractivity contribution in [2.75, 3.05) is 0 Å². The third-order valence-electron chi connectivity index (χ3n) is 0.933. The van der Waals surface area contributed by atoms with E-state index in [1.165, 1.54) is 0 Å². The van der Waals surface area contributed by atoms with Crippen molar-refractivity contribution in [3.8, 4) is 0 Å². The molecule has 1 rings (SSSR count). The summed E-state index contributed by atoms with van der Waals surface area (Å²) < 4.78 is 0. The van der Waals surface area contributed by atoms with Crippen molar-refractivity contribution >= 4 is 11.9 Å². The van der Waals surface area contributed by atoms with Crippen molar-refractivity contribution < 1.29 is 0 Å². The van der Waals surface area contributed by atoms with Crippen molar-refractivity contribution in [1.82, 2.24) is 0 Å². The summed E-state index contributed by atoms with van der Waals surface area (Å²) in [5, 5.41) is 0. The van der Waals surface area contributed by atoms with Gasteiger partial charge < -0.3 is 0 Å². The second-order valence-electron chi connectivity index (χ2n) is 1.66. The second-order valence-corrected chi connectivity index (χ2v) is 1.66. The van der Waals surface area contributed by atoms with Crippen LogP contribution in [0.15, 0.2) is 21.9 Å². The quantitative estimate of drug-likeness (QED) is 0.448. The van der Waals surface area contributed by atoms with Gasteiger partial charge in [0, 0.05) is 0 Å². The highest BCUT2D eigenvalue weighted by Gasteiger charge is 1.95. The highest BCUT2D eigenvalue weighted by molar-refractivity contribution is 6.31. The van der Waals surface area contributed by atoms with Crippen LogP contribution in [0, 0.1) is 0 Å². The number of nitrogens with zero attached hydrogens (tertiary/aromatic N) is 2. The zero-order chi connectivity index (χ0) is 5.98. The Morgan fingerprint density at radius 1 is 1.62 bits per heavy atom. The van der Waals surface area contributed by atoms with Crippen LogP contribution in [0.3, 0.4) is 0 Å². The minimum absolute atomic E-state index is 0.822. The fourth-order valence-electron chi connectivity index (χ4n) is 0.537. The minimum Gasteiger partial charge on any atom is -0.236 e. The SMILES string of the molecule is CC=C1N=CC(C)=N1. The van der Waals surface area contributed by atoms with E-state index >= 15 is 0 Å². The van der Waals surface area contributed by atoms with Gasteiger partial charge in [0.2, 0.25) is 0 Å². The van der Waals surface area contributed by atoms with E-state index in [2.05, 4.69) is 9.98 Å². The Morgan fingerprint density at radius 2 is 2.38 bits per heavy atom. The first-order chi connectivity index (χ1) is 3.83. The van der Waals surface area contributed by atoms with Gasteiger partial charge in [-0.15, -0.1) is 0 Å². The van der Waals surface area contributed by atoms with E-state index < -0.39 is 0 Å². The molecule has 1 heterocycles. The third-order valence-corrected chi connectivity index (χ3v) is 0.933. The lowest BCUT2D eigenvalue weighted by Crippen LogP contribution is -1.82. The monoisotopic (exact) mass is 108 g/mol. The maximum absolute atomic E-state index is 4.06. The van der Waals surface area contributed by atoms with Gasteiger partial charge in [0.25, 0.3) is 0 Å². The number of rotatable bonds is 0. The van der Waals surface area contributed by atoms with Gasteiger partial charge in [-0.3, -0.25) is 0 Å². The lowest BCUT2D eigenvalue weighted by Gasteiger charge is -1.79. The summed E-state index contributed by atoms with van der Waals surface area (Å²) in [6.07, 6.45) is 3.64. The van der Waals surface area contributed by atoms with Gasteiger partial charge in [0.1, 0.15) is 5.82 Å². The Labute approximate surface area is 48.7 Å². The molecular weight excluding hydrogens is 100 g/mol. The summed E-state index contributed by atoms with van der Waals surface area (Å²) in [6, 6.07) is 0. The van der Waals surface area contributed by atoms with E-state index in [1.807, 2.05) is 19.9 Å². The number of hydrogen-bond acceptors (Lipinski definition) is 2. The molecule has 0 N–H and O–H groups in total. The molecule has 0 unspecified atom stereocenters. The molecule has 2 nitrogen and oxygen atoms in total. The molecule has 0 fully saturated rings. The molecule has 0 saturated heterocycles. The molecule has 42 valence electrons. The number of hydrogen-bond donors (Lipinski definition) is 0. The Balaban J connectivity index is 2.84. The standard InChI is InChI=1S/C6H8N2/c1-3-6-7-4-5(2)8-6/h3-4H,1-2H3. The molecule has 0 aromatic carbocycles. The zero-order valence-electron chi connectivity index (χ0n) is 5.05. The van der Waals surface area contributed by atoms with Crippen molar-refractivity contribution in [3.05, 3.63) is 11.9 Å². The molecule has 0 radical (unpaired) electrons. The van der Waals surface area contributed by atoms with Gasteiger partial charge >= 0.3 is 0 Å². The average Bonchev–Trinajstić information content (AvgIpc) is 2.14. The molecule has 0 bridgehead atoms. The summed E-state index contributed by atoms with van der Waals surface area (Å²) in [5.41, 5.74) is 0.984. The minimum atomic E-state index is 0.822. The summed E-state index contributed by atoms with van der Waals surface area (Å²) in [4.78, 5) is 8.03. The van der Waals surface area contributed by atoms with E-state index in [1.54, 1.807) is 6.21 Å². The summed E-state index contributed by atoms with van der Waals surface area (Å²) in [5.74, 6) is 0.822. The van der Waals surface area contributed by atoms with Crippen molar-refractivity contribution in [2.45, 2.75) is 13.8 Å². The van der Waals surface area contributed by atoms with Crippen LogP contribution >= 0.6 is 0 Å². The van der Waals surface area contributed by atoms with Gasteiger partial charge in [0.15, 0.2) is 0 Å². The maximum Gasteiger partial charge on any atom is 0.147 e. The maximum atomic E-state index is 4.06. The molecule has 1 aliphatic rings. The van der Waals surface area contributed by atoms with Gasteiger partial charge in [0.05, 0.1) is 11.9 Å². The topological polar surface area (TPSA) is 24.7 Å². The van der Waals surface area contributed by atoms with E-state index in [0.29, 0.717) is 0 Å². The van der Waals surface area contributed by atoms with E-state index in [4.69, 9.17) is 0 Å². The highest BCUT2D eigenvalue weighted by Crippen LogP contribution is 2.02. The lowest BCUT2D eigenvalue weighted by molar-refractivity contribution is 1.26. The first-order valence-electron chi connectivity index (χ1n) is 2.58. The molecule has 0 spiro atoms. The van der Waals surface area contributed by atoms with Crippen LogP contribution in [0.2, 0.25) is 0 Å². The lowest BCUT2D eigenvalue weighted by atomic mass is 10.5. The van der Waals surface area contributed by atoms with Crippen LogP contribution in [0.4, 0.5) is 0 Å². The third kappa shape index (κ3) is 0.832. The van der Waals surface area contributed by atoms with Crippen LogP contribution in [-0.4, -0.2) is 11.9 Å². The van der Waals surface area contributed by atoms with Crippen molar-refractivity contribution in [3.63, 3.8) is 0 Å². The molecule has 0 atom stereocenters. The molecular formula is C6H8N2. The molecule has 0 saturated carbocycles. The molecule has 0 amide bonds. The largest absolute Gasteiger partial charge is 0.236 e. The summed E-state index contributed by atoms with van der Waals surface area (Å²) in [7, 11) is 0. The first-order valence-corrected chi connectivity index (χ1v) is 2.58. The van der Waals surface area contributed by atoms with E-state index in [9.17, 15) is 0 Å². The number of allylic oxidation sites excluding steroid dienone is 1. The summed E-state index contributed by atoms with van der Waals surface area (Å²) in [6.45, 7) is 3.86. The van der Waals surface area contributed by atoms with Crippen LogP contribution in [0.5, 0.6) is 0 Å². The molecule has 1 aliphatic heterocycles. The Kier molecular flexibility index (Phi) is 1.24. The Morgan fingerprint density at radius 3 is 2.62 bits per heavy atom. The van der Waals surface area contributed by atoms with Gasteiger partial charge in [-0.25, -0.2) is 9.98 Å². The second kappa shape index (κ2) is 1.90. The predicted molar refractivity (Wildman–Crippen MR) is 35.4 cm³/mol. The van der Waals surface area contributed by atoms with Crippen LogP contribution in [0.1, 0.15) is 13.8 Å². The highest BCUT2D eigenvalue weighted by atomic mass is 15.0. The summed E-state index contributed by atoms with van der Waals surface area (Å²) >= 11 is 0. The average molecular weight is 108 g/mol. The fraction of sp³-hybridized carbons (Fsp3) is 0.333. The van der Waals surface area contributed by atoms with Gasteiger partial charge in [-0.1, -0.05) is 0 Å². The van der Waals surface area contributed by atoms with Gasteiger partial charge in [-0.2, -0.15) is 0 Å². The zero-order valence-corrected chi connectivity index (χ0v) is 5.05. The fourth-order valence-corrected chi connectivity index (χ4v) is 0.537. The van der Waals surface area contributed by atoms with Crippen LogP contribution in [0.25, 0.3) is 0 Å². The van der Waals surface area contributed by atoms with Gasteiger partial charge in [-0.05, 0) is 19.9 Å². The first kappa shape index (κ1) is 5.22. The molecule has 0 aromatic heterocycles. The molecule has 8 heavy (non-hydrogen) atoms. The number of aliphatic imine (C=N–C) groups is 2. The Hall–Kier alpha value is -0.920. The Bertz CT molecular complexity index is 175. The normalized spacial score (nSPS) is 22.2. The van der Waals surface area contributed by atoms with Crippen LogP contribution < -0.4 is 0 Å².